The summed E-state index contributed by atoms with van der Waals surface area (Å²) in [5, 5.41) is 0. The average Bonchev–Trinajstić information content (AvgIpc) is 2.64. The molecule has 0 aromatic carbocycles. The summed E-state index contributed by atoms with van der Waals surface area (Å²) in [6.45, 7) is 1.94. The number of rotatable bonds is 2. The van der Waals surface area contributed by atoms with Gasteiger partial charge < -0.3 is 10.6 Å². The predicted octanol–water partition coefficient (Wildman–Crippen LogP) is 0.377. The Morgan fingerprint density at radius 1 is 1.71 bits per heavy atom. The van der Waals surface area contributed by atoms with E-state index in [9.17, 15) is 4.79 Å². The van der Waals surface area contributed by atoms with Crippen molar-refractivity contribution in [3.05, 3.63) is 16.1 Å². The molecule has 5 heteroatoms. The number of hydrogen-bond donors (Lipinski definition) is 1. The van der Waals surface area contributed by atoms with Crippen LogP contribution in [0.2, 0.25) is 0 Å². The van der Waals surface area contributed by atoms with Crippen LogP contribution in [-0.2, 0) is 17.8 Å². The average molecular weight is 211 g/mol. The molecule has 2 rings (SSSR count). The largest absolute Gasteiger partial charge is 0.337 e. The summed E-state index contributed by atoms with van der Waals surface area (Å²) in [4.78, 5) is 18.9. The second-order valence-corrected chi connectivity index (χ2v) is 4.27. The smallest absolute Gasteiger partial charge is 0.224 e. The summed E-state index contributed by atoms with van der Waals surface area (Å²) in [6.07, 6.45) is 1.34. The number of hydrogen-bond acceptors (Lipinski definition) is 4. The molecule has 2 heterocycles. The summed E-state index contributed by atoms with van der Waals surface area (Å²) < 4.78 is 0. The highest BCUT2D eigenvalue weighted by atomic mass is 32.1. The number of thiazole rings is 1. The van der Waals surface area contributed by atoms with E-state index in [-0.39, 0.29) is 5.91 Å². The molecule has 0 saturated heterocycles. The highest BCUT2D eigenvalue weighted by molar-refractivity contribution is 7.09. The molecule has 0 aliphatic carbocycles. The Kier molecular flexibility index (Phi) is 2.79. The number of amides is 1. The Labute approximate surface area is 86.7 Å². The van der Waals surface area contributed by atoms with Gasteiger partial charge in [-0.1, -0.05) is 0 Å². The van der Waals surface area contributed by atoms with E-state index >= 15 is 0 Å². The van der Waals surface area contributed by atoms with Crippen LogP contribution in [0.1, 0.15) is 17.0 Å². The number of fused-ring (bicyclic) bond motifs is 1. The number of carbonyl (C=O) groups excluding carboxylic acids is 1. The highest BCUT2D eigenvalue weighted by Crippen LogP contribution is 2.21. The Hall–Kier alpha value is -0.940. The van der Waals surface area contributed by atoms with E-state index in [2.05, 4.69) is 4.98 Å². The van der Waals surface area contributed by atoms with Crippen LogP contribution in [0.3, 0.4) is 0 Å². The fraction of sp³-hybridized carbons (Fsp3) is 0.556. The highest BCUT2D eigenvalue weighted by Gasteiger charge is 2.21. The molecule has 1 aromatic rings. The molecule has 0 bridgehead atoms. The Bertz CT molecular complexity index is 337. The fourth-order valence-corrected chi connectivity index (χ4v) is 2.44. The van der Waals surface area contributed by atoms with Crippen molar-refractivity contribution in [1.29, 1.82) is 0 Å². The SMILES string of the molecule is NCCC(=O)N1CCc2ncsc2C1. The fourth-order valence-electron chi connectivity index (χ4n) is 1.61. The van der Waals surface area contributed by atoms with E-state index in [4.69, 9.17) is 5.73 Å². The van der Waals surface area contributed by atoms with Gasteiger partial charge >= 0.3 is 0 Å². The first kappa shape index (κ1) is 9.61. The Morgan fingerprint density at radius 3 is 3.36 bits per heavy atom. The molecule has 4 nitrogen and oxygen atoms in total. The molecule has 0 fully saturated rings. The van der Waals surface area contributed by atoms with E-state index in [0.29, 0.717) is 13.0 Å². The summed E-state index contributed by atoms with van der Waals surface area (Å²) in [7, 11) is 0. The summed E-state index contributed by atoms with van der Waals surface area (Å²) in [6, 6.07) is 0. The van der Waals surface area contributed by atoms with Crippen molar-refractivity contribution in [2.45, 2.75) is 19.4 Å². The molecule has 2 N–H and O–H groups in total. The van der Waals surface area contributed by atoms with Crippen LogP contribution in [0, 0.1) is 0 Å². The van der Waals surface area contributed by atoms with Gasteiger partial charge in [-0.15, -0.1) is 11.3 Å². The second-order valence-electron chi connectivity index (χ2n) is 3.33. The van der Waals surface area contributed by atoms with Crippen molar-refractivity contribution in [3.63, 3.8) is 0 Å². The van der Waals surface area contributed by atoms with Gasteiger partial charge in [-0.25, -0.2) is 4.98 Å². The number of carbonyl (C=O) groups is 1. The van der Waals surface area contributed by atoms with E-state index < -0.39 is 0 Å². The third-order valence-electron chi connectivity index (χ3n) is 2.39. The lowest BCUT2D eigenvalue weighted by Gasteiger charge is -2.25. The first-order chi connectivity index (χ1) is 6.81. The maximum Gasteiger partial charge on any atom is 0.224 e. The lowest BCUT2D eigenvalue weighted by atomic mass is 10.1. The van der Waals surface area contributed by atoms with Crippen LogP contribution in [0.25, 0.3) is 0 Å². The number of aromatic nitrogens is 1. The quantitative estimate of drug-likeness (QED) is 0.769. The number of nitrogens with two attached hydrogens (primary N) is 1. The zero-order valence-corrected chi connectivity index (χ0v) is 8.72. The summed E-state index contributed by atoms with van der Waals surface area (Å²) in [5.74, 6) is 0.159. The summed E-state index contributed by atoms with van der Waals surface area (Å²) in [5.41, 5.74) is 8.36. The van der Waals surface area contributed by atoms with Gasteiger partial charge in [0, 0.05) is 30.8 Å². The first-order valence-corrected chi connectivity index (χ1v) is 5.58. The lowest BCUT2D eigenvalue weighted by molar-refractivity contribution is -0.131. The van der Waals surface area contributed by atoms with Crippen LogP contribution >= 0.6 is 11.3 Å². The molecule has 0 saturated carbocycles. The summed E-state index contributed by atoms with van der Waals surface area (Å²) >= 11 is 1.63. The molecule has 1 amide bonds. The maximum atomic E-state index is 11.6. The molecule has 0 radical (unpaired) electrons. The van der Waals surface area contributed by atoms with Crippen LogP contribution in [0.5, 0.6) is 0 Å². The molecule has 0 spiro atoms. The third-order valence-corrected chi connectivity index (χ3v) is 3.25. The van der Waals surface area contributed by atoms with Crippen LogP contribution in [0.15, 0.2) is 5.51 Å². The molecular formula is C9H13N3OS. The Morgan fingerprint density at radius 2 is 2.57 bits per heavy atom. The van der Waals surface area contributed by atoms with Crippen molar-refractivity contribution in [3.8, 4) is 0 Å². The van der Waals surface area contributed by atoms with E-state index in [1.807, 2.05) is 10.4 Å². The van der Waals surface area contributed by atoms with Gasteiger partial charge in [-0.2, -0.15) is 0 Å². The standard InChI is InChI=1S/C9H13N3OS/c10-3-1-9(13)12-4-2-7-8(5-12)14-6-11-7/h6H,1-5,10H2. The lowest BCUT2D eigenvalue weighted by Crippen LogP contribution is -2.36. The molecule has 14 heavy (non-hydrogen) atoms. The van der Waals surface area contributed by atoms with Crippen LogP contribution in [0.4, 0.5) is 0 Å². The van der Waals surface area contributed by atoms with Crippen molar-refractivity contribution < 1.29 is 4.79 Å². The zero-order chi connectivity index (χ0) is 9.97. The van der Waals surface area contributed by atoms with Crippen LogP contribution in [-0.4, -0.2) is 28.9 Å². The third kappa shape index (κ3) is 1.78. The topological polar surface area (TPSA) is 59.2 Å². The predicted molar refractivity (Wildman–Crippen MR) is 54.9 cm³/mol. The minimum absolute atomic E-state index is 0.159. The zero-order valence-electron chi connectivity index (χ0n) is 7.90. The molecule has 0 atom stereocenters. The normalized spacial score (nSPS) is 15.4. The molecule has 0 unspecified atom stereocenters. The van der Waals surface area contributed by atoms with Gasteiger partial charge in [0.05, 0.1) is 17.7 Å². The van der Waals surface area contributed by atoms with E-state index in [0.717, 1.165) is 25.2 Å². The van der Waals surface area contributed by atoms with Gasteiger partial charge in [0.2, 0.25) is 5.91 Å². The van der Waals surface area contributed by atoms with Crippen molar-refractivity contribution in [2.24, 2.45) is 5.73 Å². The van der Waals surface area contributed by atoms with Gasteiger partial charge in [-0.05, 0) is 0 Å². The monoisotopic (exact) mass is 211 g/mol. The first-order valence-electron chi connectivity index (χ1n) is 4.70. The van der Waals surface area contributed by atoms with Crippen molar-refractivity contribution >= 4 is 17.2 Å². The van der Waals surface area contributed by atoms with Crippen molar-refractivity contribution in [2.75, 3.05) is 13.1 Å². The molecular weight excluding hydrogens is 198 g/mol. The second kappa shape index (κ2) is 4.06. The molecule has 76 valence electrons. The Balaban J connectivity index is 2.04. The van der Waals surface area contributed by atoms with Gasteiger partial charge in [0.1, 0.15) is 0 Å². The number of nitrogens with zero attached hydrogens (tertiary/aromatic N) is 2. The molecule has 1 aliphatic heterocycles. The van der Waals surface area contributed by atoms with E-state index in [1.54, 1.807) is 11.3 Å². The van der Waals surface area contributed by atoms with Gasteiger partial charge in [0.25, 0.3) is 0 Å². The maximum absolute atomic E-state index is 11.6. The minimum Gasteiger partial charge on any atom is -0.337 e. The minimum atomic E-state index is 0.159. The van der Waals surface area contributed by atoms with Gasteiger partial charge in [0.15, 0.2) is 0 Å². The molecule has 1 aromatic heterocycles. The van der Waals surface area contributed by atoms with E-state index in [1.165, 1.54) is 4.88 Å². The van der Waals surface area contributed by atoms with Gasteiger partial charge in [-0.3, -0.25) is 4.79 Å². The van der Waals surface area contributed by atoms with Crippen LogP contribution < -0.4 is 5.73 Å². The molecule has 1 aliphatic rings. The van der Waals surface area contributed by atoms with Crippen molar-refractivity contribution in [1.82, 2.24) is 9.88 Å².